The summed E-state index contributed by atoms with van der Waals surface area (Å²) >= 11 is 7.66. The van der Waals surface area contributed by atoms with Gasteiger partial charge < -0.3 is 18.9 Å². The van der Waals surface area contributed by atoms with Gasteiger partial charge in [0.25, 0.3) is 5.56 Å². The van der Waals surface area contributed by atoms with Crippen molar-refractivity contribution in [3.8, 4) is 17.2 Å². The zero-order valence-corrected chi connectivity index (χ0v) is 20.7. The number of ether oxygens (including phenoxy) is 4. The molecule has 3 aromatic rings. The van der Waals surface area contributed by atoms with E-state index in [2.05, 4.69) is 4.99 Å². The van der Waals surface area contributed by atoms with E-state index >= 15 is 0 Å². The van der Waals surface area contributed by atoms with Gasteiger partial charge in [-0.3, -0.25) is 9.36 Å². The fourth-order valence-corrected chi connectivity index (χ4v) is 5.35. The maximum atomic E-state index is 13.7. The van der Waals surface area contributed by atoms with Crippen LogP contribution in [0.1, 0.15) is 31.0 Å². The van der Waals surface area contributed by atoms with Crippen LogP contribution in [0, 0.1) is 0 Å². The lowest BCUT2D eigenvalue weighted by atomic mass is 9.95. The van der Waals surface area contributed by atoms with Crippen molar-refractivity contribution in [2.45, 2.75) is 19.9 Å². The summed E-state index contributed by atoms with van der Waals surface area (Å²) in [6.07, 6.45) is 1.69. The Labute approximate surface area is 209 Å². The number of thiazole rings is 1. The number of allylic oxidation sites excluding steroid dienone is 1. The molecule has 5 rings (SSSR count). The molecule has 0 bridgehead atoms. The van der Waals surface area contributed by atoms with Crippen molar-refractivity contribution in [3.05, 3.63) is 83.5 Å². The molecule has 2 aliphatic rings. The minimum atomic E-state index is -0.727. The standard InChI is InChI=1S/C25H21ClN2O6S/c1-4-32-24(30)21-13(2)27-25-28(22(21)14-6-5-7-16(8-14)31-3)23(29)20(35-25)10-15-9-18-19(11-17(15)26)34-12-33-18/h5-11,22H,4,12H2,1-3H3/b20-10-/t22-/m1/s1. The van der Waals surface area contributed by atoms with Crippen LogP contribution in [0.25, 0.3) is 6.08 Å². The van der Waals surface area contributed by atoms with E-state index < -0.39 is 12.0 Å². The number of carbonyl (C=O) groups excluding carboxylic acids is 1. The van der Waals surface area contributed by atoms with Gasteiger partial charge in [0.1, 0.15) is 5.75 Å². The molecule has 180 valence electrons. The molecular weight excluding hydrogens is 492 g/mol. The SMILES string of the molecule is CCOC(=O)C1=C(C)N=c2s/c(=C\c3cc4c(cc3Cl)OCO4)c(=O)n2[C@@H]1c1cccc(OC)c1. The van der Waals surface area contributed by atoms with E-state index in [1.54, 1.807) is 51.3 Å². The monoisotopic (exact) mass is 512 g/mol. The second-order valence-electron chi connectivity index (χ2n) is 7.81. The smallest absolute Gasteiger partial charge is 0.338 e. The molecule has 35 heavy (non-hydrogen) atoms. The Hall–Kier alpha value is -3.56. The van der Waals surface area contributed by atoms with Crippen LogP contribution in [0.15, 0.2) is 57.5 Å². The topological polar surface area (TPSA) is 88.4 Å². The van der Waals surface area contributed by atoms with E-state index in [0.717, 1.165) is 0 Å². The maximum Gasteiger partial charge on any atom is 0.338 e. The molecule has 0 aliphatic carbocycles. The number of benzene rings is 2. The summed E-state index contributed by atoms with van der Waals surface area (Å²) in [4.78, 5) is 31.7. The number of nitrogens with zero attached hydrogens (tertiary/aromatic N) is 2. The first-order chi connectivity index (χ1) is 16.9. The number of aromatic nitrogens is 1. The number of carbonyl (C=O) groups is 1. The fourth-order valence-electron chi connectivity index (χ4n) is 4.10. The van der Waals surface area contributed by atoms with Gasteiger partial charge in [-0.2, -0.15) is 0 Å². The lowest BCUT2D eigenvalue weighted by Crippen LogP contribution is -2.39. The molecule has 3 heterocycles. The molecule has 0 saturated carbocycles. The van der Waals surface area contributed by atoms with Crippen LogP contribution >= 0.6 is 22.9 Å². The predicted octanol–water partition coefficient (Wildman–Crippen LogP) is 3.19. The minimum Gasteiger partial charge on any atom is -0.497 e. The predicted molar refractivity (Wildman–Crippen MR) is 131 cm³/mol. The highest BCUT2D eigenvalue weighted by Crippen LogP contribution is 2.37. The molecule has 2 aliphatic heterocycles. The average Bonchev–Trinajstić information content (AvgIpc) is 3.42. The molecule has 0 N–H and O–H groups in total. The van der Waals surface area contributed by atoms with Crippen molar-refractivity contribution in [1.82, 2.24) is 4.57 Å². The van der Waals surface area contributed by atoms with Gasteiger partial charge in [0.2, 0.25) is 6.79 Å². The van der Waals surface area contributed by atoms with Crippen molar-refractivity contribution in [2.75, 3.05) is 20.5 Å². The van der Waals surface area contributed by atoms with Gasteiger partial charge in [-0.15, -0.1) is 0 Å². The molecular formula is C25H21ClN2O6S. The largest absolute Gasteiger partial charge is 0.497 e. The van der Waals surface area contributed by atoms with Crippen LogP contribution in [-0.4, -0.2) is 31.0 Å². The molecule has 0 amide bonds. The summed E-state index contributed by atoms with van der Waals surface area (Å²) in [5, 5.41) is 0.424. The lowest BCUT2D eigenvalue weighted by molar-refractivity contribution is -0.139. The fraction of sp³-hybridized carbons (Fsp3) is 0.240. The van der Waals surface area contributed by atoms with E-state index in [-0.39, 0.29) is 19.0 Å². The van der Waals surface area contributed by atoms with Gasteiger partial charge in [0.05, 0.1) is 40.6 Å². The number of hydrogen-bond donors (Lipinski definition) is 0. The number of hydrogen-bond acceptors (Lipinski definition) is 8. The molecule has 10 heteroatoms. The summed E-state index contributed by atoms with van der Waals surface area (Å²) in [5.41, 5.74) is 1.81. The maximum absolute atomic E-state index is 13.7. The molecule has 0 spiro atoms. The zero-order valence-electron chi connectivity index (χ0n) is 19.2. The van der Waals surface area contributed by atoms with Crippen LogP contribution in [0.4, 0.5) is 0 Å². The Kier molecular flexibility index (Phi) is 6.12. The third-order valence-electron chi connectivity index (χ3n) is 5.71. The lowest BCUT2D eigenvalue weighted by Gasteiger charge is -2.25. The molecule has 1 atom stereocenters. The first-order valence-electron chi connectivity index (χ1n) is 10.8. The minimum absolute atomic E-state index is 0.119. The van der Waals surface area contributed by atoms with Crippen LogP contribution in [0.3, 0.4) is 0 Å². The second kappa shape index (κ2) is 9.24. The number of esters is 1. The van der Waals surface area contributed by atoms with Crippen LogP contribution < -0.4 is 29.1 Å². The van der Waals surface area contributed by atoms with E-state index in [1.807, 2.05) is 12.1 Å². The molecule has 8 nitrogen and oxygen atoms in total. The van der Waals surface area contributed by atoms with Crippen molar-refractivity contribution in [2.24, 2.45) is 4.99 Å². The first kappa shape index (κ1) is 23.2. The van der Waals surface area contributed by atoms with E-state index in [1.165, 1.54) is 15.9 Å². The Morgan fingerprint density at radius 2 is 2.06 bits per heavy atom. The third kappa shape index (κ3) is 4.11. The van der Waals surface area contributed by atoms with Crippen LogP contribution in [0.5, 0.6) is 17.2 Å². The van der Waals surface area contributed by atoms with Crippen molar-refractivity contribution in [1.29, 1.82) is 0 Å². The third-order valence-corrected chi connectivity index (χ3v) is 7.02. The Bertz CT molecular complexity index is 1550. The highest BCUT2D eigenvalue weighted by molar-refractivity contribution is 7.07. The van der Waals surface area contributed by atoms with E-state index in [4.69, 9.17) is 30.5 Å². The van der Waals surface area contributed by atoms with Crippen molar-refractivity contribution >= 4 is 35.0 Å². The Balaban J connectivity index is 1.72. The molecule has 1 aromatic heterocycles. The summed E-state index contributed by atoms with van der Waals surface area (Å²) in [7, 11) is 1.56. The van der Waals surface area contributed by atoms with Crippen LogP contribution in [0.2, 0.25) is 5.02 Å². The van der Waals surface area contributed by atoms with Crippen molar-refractivity contribution in [3.63, 3.8) is 0 Å². The number of halogens is 1. The van der Waals surface area contributed by atoms with Gasteiger partial charge in [0, 0.05) is 6.07 Å². The normalized spacial score (nSPS) is 16.7. The van der Waals surface area contributed by atoms with Gasteiger partial charge in [-0.1, -0.05) is 35.1 Å². The summed E-state index contributed by atoms with van der Waals surface area (Å²) in [6, 6.07) is 9.93. The molecule has 0 saturated heterocycles. The molecule has 0 fully saturated rings. The van der Waals surface area contributed by atoms with E-state index in [9.17, 15) is 9.59 Å². The molecule has 0 unspecified atom stereocenters. The number of rotatable bonds is 5. The second-order valence-corrected chi connectivity index (χ2v) is 9.22. The van der Waals surface area contributed by atoms with E-state index in [0.29, 0.717) is 54.0 Å². The first-order valence-corrected chi connectivity index (χ1v) is 12.0. The van der Waals surface area contributed by atoms with Gasteiger partial charge >= 0.3 is 5.97 Å². The molecule has 0 radical (unpaired) electrons. The summed E-state index contributed by atoms with van der Waals surface area (Å²) < 4.78 is 23.5. The highest BCUT2D eigenvalue weighted by Gasteiger charge is 2.33. The van der Waals surface area contributed by atoms with Gasteiger partial charge in [0.15, 0.2) is 16.3 Å². The zero-order chi connectivity index (χ0) is 24.7. The highest BCUT2D eigenvalue weighted by atomic mass is 35.5. The summed E-state index contributed by atoms with van der Waals surface area (Å²) in [5.74, 6) is 1.20. The molecule has 2 aromatic carbocycles. The number of methoxy groups -OCH3 is 1. The number of fused-ring (bicyclic) bond motifs is 2. The van der Waals surface area contributed by atoms with Gasteiger partial charge in [-0.05, 0) is 49.2 Å². The van der Waals surface area contributed by atoms with Gasteiger partial charge in [-0.25, -0.2) is 9.79 Å². The summed E-state index contributed by atoms with van der Waals surface area (Å²) in [6.45, 7) is 3.80. The Morgan fingerprint density at radius 1 is 1.29 bits per heavy atom. The quantitative estimate of drug-likeness (QED) is 0.488. The van der Waals surface area contributed by atoms with Crippen molar-refractivity contribution < 1.29 is 23.7 Å². The average molecular weight is 513 g/mol. The Morgan fingerprint density at radius 3 is 2.80 bits per heavy atom. The van der Waals surface area contributed by atoms with Crippen LogP contribution in [-0.2, 0) is 9.53 Å².